The van der Waals surface area contributed by atoms with Gasteiger partial charge >= 0.3 is 0 Å². The minimum atomic E-state index is -0.178. The van der Waals surface area contributed by atoms with Crippen LogP contribution in [0.2, 0.25) is 0 Å². The van der Waals surface area contributed by atoms with Crippen molar-refractivity contribution in [3.63, 3.8) is 0 Å². The lowest BCUT2D eigenvalue weighted by molar-refractivity contribution is -0.168. The van der Waals surface area contributed by atoms with Gasteiger partial charge in [-0.3, -0.25) is 14.4 Å². The summed E-state index contributed by atoms with van der Waals surface area (Å²) in [6.07, 6.45) is 0.210. The summed E-state index contributed by atoms with van der Waals surface area (Å²) < 4.78 is 0. The number of nitrogens with one attached hydrogen (secondary N) is 1. The first-order valence-corrected chi connectivity index (χ1v) is 5.70. The molecule has 0 spiro atoms. The highest BCUT2D eigenvalue weighted by atomic mass is 16.7. The second-order valence-corrected chi connectivity index (χ2v) is 3.89. The molecule has 0 radical (unpaired) electrons. The third kappa shape index (κ3) is 3.85. The van der Waals surface area contributed by atoms with Gasteiger partial charge in [0.25, 0.3) is 5.91 Å². The summed E-state index contributed by atoms with van der Waals surface area (Å²) in [6.45, 7) is 2.17. The van der Waals surface area contributed by atoms with Crippen molar-refractivity contribution < 1.29 is 14.4 Å². The second-order valence-electron chi connectivity index (χ2n) is 3.89. The summed E-state index contributed by atoms with van der Waals surface area (Å²) in [4.78, 5) is 28.0. The molecule has 0 aliphatic heterocycles. The van der Waals surface area contributed by atoms with Gasteiger partial charge < -0.3 is 5.32 Å². The van der Waals surface area contributed by atoms with E-state index >= 15 is 0 Å². The second kappa shape index (κ2) is 6.76. The van der Waals surface area contributed by atoms with Crippen LogP contribution in [0.4, 0.5) is 0 Å². The maximum absolute atomic E-state index is 11.8. The summed E-state index contributed by atoms with van der Waals surface area (Å²) in [7, 11) is 2.95. The monoisotopic (exact) mass is 250 g/mol. The molecule has 0 atom stereocenters. The Kier molecular flexibility index (Phi) is 5.32. The standard InChI is InChI=1S/C13H18N2O3/c1-10-6-4-5-7-11(10)13(17)14-9-8-12(16)15(2)18-3/h4-7H,8-9H2,1-3H3,(H,14,17). The van der Waals surface area contributed by atoms with Gasteiger partial charge in [-0.05, 0) is 18.6 Å². The first-order chi connectivity index (χ1) is 8.56. The van der Waals surface area contributed by atoms with E-state index < -0.39 is 0 Å². The fourth-order valence-corrected chi connectivity index (χ4v) is 1.47. The highest BCUT2D eigenvalue weighted by Crippen LogP contribution is 2.06. The topological polar surface area (TPSA) is 58.6 Å². The summed E-state index contributed by atoms with van der Waals surface area (Å²) >= 11 is 0. The molecule has 98 valence electrons. The van der Waals surface area contributed by atoms with Crippen LogP contribution in [0, 0.1) is 6.92 Å². The Morgan fingerprint density at radius 1 is 1.33 bits per heavy atom. The number of amides is 2. The summed E-state index contributed by atoms with van der Waals surface area (Å²) in [6, 6.07) is 7.32. The number of carbonyl (C=O) groups is 2. The van der Waals surface area contributed by atoms with E-state index in [9.17, 15) is 9.59 Å². The van der Waals surface area contributed by atoms with Gasteiger partial charge in [0.15, 0.2) is 0 Å². The lowest BCUT2D eigenvalue weighted by Gasteiger charge is -2.13. The van der Waals surface area contributed by atoms with Gasteiger partial charge in [0, 0.05) is 25.6 Å². The molecule has 0 aliphatic carbocycles. The van der Waals surface area contributed by atoms with Gasteiger partial charge in [-0.15, -0.1) is 0 Å². The Hall–Kier alpha value is -1.88. The minimum absolute atomic E-state index is 0.166. The van der Waals surface area contributed by atoms with Gasteiger partial charge in [0.05, 0.1) is 7.11 Å². The molecule has 1 N–H and O–H groups in total. The fourth-order valence-electron chi connectivity index (χ4n) is 1.47. The molecular formula is C13H18N2O3. The first-order valence-electron chi connectivity index (χ1n) is 5.70. The van der Waals surface area contributed by atoms with Crippen molar-refractivity contribution in [3.8, 4) is 0 Å². The van der Waals surface area contributed by atoms with E-state index in [2.05, 4.69) is 5.32 Å². The van der Waals surface area contributed by atoms with E-state index in [-0.39, 0.29) is 18.2 Å². The zero-order valence-electron chi connectivity index (χ0n) is 10.9. The SMILES string of the molecule is CON(C)C(=O)CCNC(=O)c1ccccc1C. The number of hydrogen-bond donors (Lipinski definition) is 1. The smallest absolute Gasteiger partial charge is 0.251 e. The molecule has 0 aliphatic rings. The summed E-state index contributed by atoms with van der Waals surface area (Å²) in [5.41, 5.74) is 1.54. The van der Waals surface area contributed by atoms with Crippen molar-refractivity contribution >= 4 is 11.8 Å². The van der Waals surface area contributed by atoms with Crippen LogP contribution in [-0.4, -0.2) is 37.6 Å². The maximum Gasteiger partial charge on any atom is 0.251 e. The third-order valence-corrected chi connectivity index (χ3v) is 2.64. The van der Waals surface area contributed by atoms with Crippen LogP contribution in [0.3, 0.4) is 0 Å². The van der Waals surface area contributed by atoms with Gasteiger partial charge in [-0.1, -0.05) is 18.2 Å². The van der Waals surface area contributed by atoms with Crippen molar-refractivity contribution in [1.82, 2.24) is 10.4 Å². The Balaban J connectivity index is 2.43. The van der Waals surface area contributed by atoms with Crippen molar-refractivity contribution in [3.05, 3.63) is 35.4 Å². The van der Waals surface area contributed by atoms with E-state index in [1.165, 1.54) is 14.2 Å². The molecule has 18 heavy (non-hydrogen) atoms. The molecular weight excluding hydrogens is 232 g/mol. The van der Waals surface area contributed by atoms with Gasteiger partial charge in [-0.2, -0.15) is 0 Å². The van der Waals surface area contributed by atoms with Crippen LogP contribution in [0.25, 0.3) is 0 Å². The molecule has 1 aromatic carbocycles. The molecule has 0 bridgehead atoms. The number of carbonyl (C=O) groups excluding carboxylic acids is 2. The molecule has 5 nitrogen and oxygen atoms in total. The fraction of sp³-hybridized carbons (Fsp3) is 0.385. The largest absolute Gasteiger partial charge is 0.352 e. The van der Waals surface area contributed by atoms with Crippen molar-refractivity contribution in [1.29, 1.82) is 0 Å². The van der Waals surface area contributed by atoms with E-state index in [0.717, 1.165) is 10.6 Å². The molecule has 0 unspecified atom stereocenters. The lowest BCUT2D eigenvalue weighted by Crippen LogP contribution is -2.31. The molecule has 0 aromatic heterocycles. The van der Waals surface area contributed by atoms with Gasteiger partial charge in [-0.25, -0.2) is 5.06 Å². The first kappa shape index (κ1) is 14.2. The van der Waals surface area contributed by atoms with Crippen LogP contribution in [0.1, 0.15) is 22.3 Å². The maximum atomic E-state index is 11.8. The molecule has 0 heterocycles. The van der Waals surface area contributed by atoms with Crippen molar-refractivity contribution in [2.75, 3.05) is 20.7 Å². The third-order valence-electron chi connectivity index (χ3n) is 2.64. The molecule has 2 amide bonds. The molecule has 0 fully saturated rings. The van der Waals surface area contributed by atoms with Gasteiger partial charge in [0.2, 0.25) is 5.91 Å². The quantitative estimate of drug-likeness (QED) is 0.797. The predicted molar refractivity (Wildman–Crippen MR) is 67.9 cm³/mol. The zero-order chi connectivity index (χ0) is 13.5. The van der Waals surface area contributed by atoms with Crippen LogP contribution < -0.4 is 5.32 Å². The predicted octanol–water partition coefficient (Wildman–Crippen LogP) is 1.13. The normalized spacial score (nSPS) is 9.94. The Labute approximate surface area is 107 Å². The molecule has 1 rings (SSSR count). The van der Waals surface area contributed by atoms with E-state index in [0.29, 0.717) is 12.1 Å². The number of rotatable bonds is 5. The van der Waals surface area contributed by atoms with Crippen LogP contribution >= 0.6 is 0 Å². The van der Waals surface area contributed by atoms with Crippen molar-refractivity contribution in [2.45, 2.75) is 13.3 Å². The van der Waals surface area contributed by atoms with Crippen LogP contribution in [0.5, 0.6) is 0 Å². The Bertz CT molecular complexity index is 432. The number of hydroxylamine groups is 2. The minimum Gasteiger partial charge on any atom is -0.352 e. The Morgan fingerprint density at radius 2 is 2.00 bits per heavy atom. The average molecular weight is 250 g/mol. The number of benzene rings is 1. The zero-order valence-corrected chi connectivity index (χ0v) is 10.9. The van der Waals surface area contributed by atoms with E-state index in [4.69, 9.17) is 4.84 Å². The molecule has 0 saturated heterocycles. The van der Waals surface area contributed by atoms with Gasteiger partial charge in [0.1, 0.15) is 0 Å². The number of nitrogens with zero attached hydrogens (tertiary/aromatic N) is 1. The number of hydrogen-bond acceptors (Lipinski definition) is 3. The van der Waals surface area contributed by atoms with Crippen molar-refractivity contribution in [2.24, 2.45) is 0 Å². The molecule has 5 heteroatoms. The molecule has 0 saturated carbocycles. The van der Waals surface area contributed by atoms with Crippen LogP contribution in [-0.2, 0) is 9.63 Å². The highest BCUT2D eigenvalue weighted by Gasteiger charge is 2.10. The van der Waals surface area contributed by atoms with E-state index in [1.54, 1.807) is 6.07 Å². The Morgan fingerprint density at radius 3 is 2.61 bits per heavy atom. The van der Waals surface area contributed by atoms with E-state index in [1.807, 2.05) is 25.1 Å². The lowest BCUT2D eigenvalue weighted by atomic mass is 10.1. The number of aryl methyl sites for hydroxylation is 1. The molecule has 1 aromatic rings. The average Bonchev–Trinajstić information content (AvgIpc) is 2.37. The summed E-state index contributed by atoms with van der Waals surface area (Å²) in [5, 5.41) is 3.85. The highest BCUT2D eigenvalue weighted by molar-refractivity contribution is 5.95. The van der Waals surface area contributed by atoms with Crippen LogP contribution in [0.15, 0.2) is 24.3 Å². The summed E-state index contributed by atoms with van der Waals surface area (Å²) in [5.74, 6) is -0.344.